The number of fused-ring (bicyclic) bond motifs is 1. The summed E-state index contributed by atoms with van der Waals surface area (Å²) in [4.78, 5) is 46.7. The first-order valence-corrected chi connectivity index (χ1v) is 14.1. The van der Waals surface area contributed by atoms with Gasteiger partial charge in [0.15, 0.2) is 0 Å². The Morgan fingerprint density at radius 3 is 2.33 bits per heavy atom. The van der Waals surface area contributed by atoms with Crippen LogP contribution >= 0.6 is 0 Å². The summed E-state index contributed by atoms with van der Waals surface area (Å²) in [7, 11) is 2.07. The predicted molar refractivity (Wildman–Crippen MR) is 140 cm³/mol. The molecule has 0 bridgehead atoms. The van der Waals surface area contributed by atoms with Crippen LogP contribution < -0.4 is 10.1 Å². The van der Waals surface area contributed by atoms with Gasteiger partial charge in [-0.3, -0.25) is 24.2 Å². The number of likely N-dealkylation sites (N-methyl/N-ethyl adjacent to an activating group) is 1. The van der Waals surface area contributed by atoms with E-state index in [4.69, 9.17) is 0 Å². The quantitative estimate of drug-likeness (QED) is 0.590. The Morgan fingerprint density at radius 1 is 1.07 bits per heavy atom. The smallest absolute Gasteiger partial charge is 0.406 e. The second-order valence-corrected chi connectivity index (χ2v) is 11.8. The van der Waals surface area contributed by atoms with Crippen molar-refractivity contribution in [2.75, 3.05) is 39.8 Å². The van der Waals surface area contributed by atoms with Gasteiger partial charge < -0.3 is 19.9 Å². The van der Waals surface area contributed by atoms with Gasteiger partial charge in [-0.25, -0.2) is 0 Å². The van der Waals surface area contributed by atoms with E-state index >= 15 is 0 Å². The largest absolute Gasteiger partial charge is 0.573 e. The van der Waals surface area contributed by atoms with E-state index in [2.05, 4.69) is 26.9 Å². The minimum absolute atomic E-state index is 0.0133. The van der Waals surface area contributed by atoms with Gasteiger partial charge in [0, 0.05) is 58.3 Å². The van der Waals surface area contributed by atoms with E-state index in [9.17, 15) is 27.6 Å². The maximum atomic E-state index is 13.4. The van der Waals surface area contributed by atoms with Crippen LogP contribution in [0.1, 0.15) is 51.0 Å². The van der Waals surface area contributed by atoms with E-state index in [-0.39, 0.29) is 35.9 Å². The first-order valence-electron chi connectivity index (χ1n) is 14.1. The minimum atomic E-state index is -4.72. The lowest BCUT2D eigenvalue weighted by Gasteiger charge is -2.41. The van der Waals surface area contributed by atoms with E-state index in [1.807, 2.05) is 4.90 Å². The summed E-state index contributed by atoms with van der Waals surface area (Å²) in [6, 6.07) is 5.83. The topological polar surface area (TPSA) is 85.4 Å². The Labute approximate surface area is 232 Å². The summed E-state index contributed by atoms with van der Waals surface area (Å²) < 4.78 is 41.2. The number of benzene rings is 1. The molecule has 1 spiro atoms. The Kier molecular flexibility index (Phi) is 8.02. The Balaban J connectivity index is 1.14. The molecule has 0 saturated carbocycles. The lowest BCUT2D eigenvalue weighted by molar-refractivity contribution is -0.274. The van der Waals surface area contributed by atoms with Crippen LogP contribution in [-0.2, 0) is 20.9 Å². The molecule has 0 aliphatic carbocycles. The van der Waals surface area contributed by atoms with E-state index in [1.54, 1.807) is 24.0 Å². The van der Waals surface area contributed by atoms with E-state index in [0.29, 0.717) is 51.5 Å². The van der Waals surface area contributed by atoms with Crippen LogP contribution in [0.3, 0.4) is 0 Å². The summed E-state index contributed by atoms with van der Waals surface area (Å²) in [6.45, 7) is 5.52. The molecule has 4 fully saturated rings. The average Bonchev–Trinajstić information content (AvgIpc) is 3.33. The molecule has 0 unspecified atom stereocenters. The molecule has 1 aromatic rings. The third-order valence-electron chi connectivity index (χ3n) is 9.22. The van der Waals surface area contributed by atoms with Gasteiger partial charge >= 0.3 is 6.36 Å². The molecule has 40 heavy (non-hydrogen) atoms. The second kappa shape index (κ2) is 11.2. The fourth-order valence-electron chi connectivity index (χ4n) is 6.79. The van der Waals surface area contributed by atoms with E-state index in [0.717, 1.165) is 31.5 Å². The third kappa shape index (κ3) is 6.38. The highest BCUT2D eigenvalue weighted by Gasteiger charge is 2.50. The Morgan fingerprint density at radius 2 is 1.73 bits per heavy atom. The van der Waals surface area contributed by atoms with Gasteiger partial charge in [0.2, 0.25) is 17.7 Å². The van der Waals surface area contributed by atoms with Crippen LogP contribution in [0.5, 0.6) is 5.75 Å². The number of halogens is 3. The predicted octanol–water partition coefficient (Wildman–Crippen LogP) is 2.35. The van der Waals surface area contributed by atoms with Crippen LogP contribution in [0.25, 0.3) is 0 Å². The molecule has 4 aliphatic rings. The first kappa shape index (κ1) is 28.7. The molecule has 0 radical (unpaired) electrons. The normalized spacial score (nSPS) is 26.1. The van der Waals surface area contributed by atoms with Crippen LogP contribution in [0.4, 0.5) is 13.2 Å². The number of alkyl halides is 3. The van der Waals surface area contributed by atoms with Gasteiger partial charge in [0.1, 0.15) is 11.8 Å². The maximum Gasteiger partial charge on any atom is 0.573 e. The molecule has 1 aromatic carbocycles. The maximum absolute atomic E-state index is 13.4. The molecule has 4 heterocycles. The number of likely N-dealkylation sites (tertiary alicyclic amines) is 2. The number of hydrogen-bond acceptors (Lipinski definition) is 6. The number of piperidine rings is 2. The SMILES string of the molecule is CC(=O)N1CCC(N(C)[C@H]2C[C@H]3C(=O)NC4(CCN(Cc5ccc(OC(F)(F)F)cc5)CC4)CC(=O)N3C2)CC1. The number of amides is 3. The summed E-state index contributed by atoms with van der Waals surface area (Å²) in [6.07, 6.45) is -0.775. The fourth-order valence-corrected chi connectivity index (χ4v) is 6.79. The molecule has 4 saturated heterocycles. The van der Waals surface area contributed by atoms with E-state index in [1.165, 1.54) is 12.1 Å². The Hall–Kier alpha value is -2.86. The highest BCUT2D eigenvalue weighted by molar-refractivity contribution is 5.92. The summed E-state index contributed by atoms with van der Waals surface area (Å²) in [5.41, 5.74) is 0.301. The van der Waals surface area contributed by atoms with Crippen molar-refractivity contribution in [1.29, 1.82) is 0 Å². The molecular weight excluding hydrogens is 527 g/mol. The number of hydrogen-bond donors (Lipinski definition) is 1. The van der Waals surface area contributed by atoms with Crippen LogP contribution in [0.2, 0.25) is 0 Å². The standard InChI is InChI=1S/C28H38F3N5O4/c1-19(37)35-11-7-21(8-12-35)33(2)22-15-24-26(39)32-27(16-25(38)36(24)18-22)9-13-34(14-10-27)17-20-3-5-23(6-4-20)40-28(29,30)31/h3-6,21-22,24H,7-18H2,1-2H3,(H,32,39)/t22-,24-/m0/s1. The van der Waals surface area contributed by atoms with Gasteiger partial charge in [-0.1, -0.05) is 12.1 Å². The van der Waals surface area contributed by atoms with Crippen molar-refractivity contribution < 1.29 is 32.3 Å². The molecule has 1 N–H and O–H groups in total. The van der Waals surface area contributed by atoms with Crippen molar-refractivity contribution in [2.45, 2.75) is 82.0 Å². The zero-order valence-electron chi connectivity index (χ0n) is 23.1. The molecule has 3 amide bonds. The van der Waals surface area contributed by atoms with Crippen molar-refractivity contribution >= 4 is 17.7 Å². The van der Waals surface area contributed by atoms with E-state index < -0.39 is 17.9 Å². The molecule has 0 aromatic heterocycles. The summed E-state index contributed by atoms with van der Waals surface area (Å²) in [5.74, 6) is -0.215. The Bertz CT molecular complexity index is 1070. The highest BCUT2D eigenvalue weighted by atomic mass is 19.4. The molecule has 5 rings (SSSR count). The van der Waals surface area contributed by atoms with Crippen molar-refractivity contribution in [3.8, 4) is 5.75 Å². The van der Waals surface area contributed by atoms with Gasteiger partial charge in [0.25, 0.3) is 0 Å². The zero-order chi connectivity index (χ0) is 28.7. The van der Waals surface area contributed by atoms with Gasteiger partial charge in [-0.2, -0.15) is 0 Å². The lowest BCUT2D eigenvalue weighted by Crippen LogP contribution is -2.56. The lowest BCUT2D eigenvalue weighted by atomic mass is 9.84. The monoisotopic (exact) mass is 565 g/mol. The number of nitrogens with zero attached hydrogens (tertiary/aromatic N) is 4. The summed E-state index contributed by atoms with van der Waals surface area (Å²) in [5, 5.41) is 3.25. The molecule has 4 aliphatic heterocycles. The third-order valence-corrected chi connectivity index (χ3v) is 9.22. The minimum Gasteiger partial charge on any atom is -0.406 e. The number of ether oxygens (including phenoxy) is 1. The number of carbonyl (C=O) groups is 3. The number of rotatable bonds is 5. The van der Waals surface area contributed by atoms with Gasteiger partial charge in [-0.05, 0) is 56.8 Å². The first-order chi connectivity index (χ1) is 18.9. The van der Waals surface area contributed by atoms with Gasteiger partial charge in [0.05, 0.1) is 12.0 Å². The van der Waals surface area contributed by atoms with Gasteiger partial charge in [-0.15, -0.1) is 13.2 Å². The summed E-state index contributed by atoms with van der Waals surface area (Å²) >= 11 is 0. The van der Waals surface area contributed by atoms with Crippen molar-refractivity contribution in [3.63, 3.8) is 0 Å². The second-order valence-electron chi connectivity index (χ2n) is 11.8. The van der Waals surface area contributed by atoms with Crippen molar-refractivity contribution in [1.82, 2.24) is 24.9 Å². The van der Waals surface area contributed by atoms with Crippen LogP contribution in [0.15, 0.2) is 24.3 Å². The van der Waals surface area contributed by atoms with Crippen LogP contribution in [-0.4, -0.2) is 107 Å². The molecule has 9 nitrogen and oxygen atoms in total. The molecule has 220 valence electrons. The fraction of sp³-hybridized carbons (Fsp3) is 0.679. The van der Waals surface area contributed by atoms with Crippen molar-refractivity contribution in [2.24, 2.45) is 0 Å². The zero-order valence-corrected chi connectivity index (χ0v) is 23.1. The van der Waals surface area contributed by atoms with Crippen molar-refractivity contribution in [3.05, 3.63) is 29.8 Å². The number of nitrogens with one attached hydrogen (secondary N) is 1. The van der Waals surface area contributed by atoms with Crippen LogP contribution in [0, 0.1) is 0 Å². The number of carbonyl (C=O) groups excluding carboxylic acids is 3. The molecule has 2 atom stereocenters. The molecule has 12 heteroatoms. The average molecular weight is 566 g/mol. The molecular formula is C28H38F3N5O4. The highest BCUT2D eigenvalue weighted by Crippen LogP contribution is 2.35.